The van der Waals surface area contributed by atoms with Crippen molar-refractivity contribution in [2.45, 2.75) is 25.0 Å². The lowest BCUT2D eigenvalue weighted by Crippen LogP contribution is -2.61. The number of piperidine rings is 1. The minimum absolute atomic E-state index is 0.0427. The first kappa shape index (κ1) is 16.6. The molecule has 1 atom stereocenters. The first-order valence-corrected chi connectivity index (χ1v) is 9.37. The minimum Gasteiger partial charge on any atom is -0.362 e. The highest BCUT2D eigenvalue weighted by atomic mass is 32.1. The van der Waals surface area contributed by atoms with Crippen molar-refractivity contribution in [1.82, 2.24) is 9.88 Å². The van der Waals surface area contributed by atoms with E-state index in [4.69, 9.17) is 4.74 Å². The highest BCUT2D eigenvalue weighted by Crippen LogP contribution is 2.32. The molecular formula is C18H20FN3O2S. The molecule has 2 fully saturated rings. The van der Waals surface area contributed by atoms with Crippen LogP contribution in [0.4, 0.5) is 10.1 Å². The van der Waals surface area contributed by atoms with E-state index in [1.54, 1.807) is 28.4 Å². The third-order valence-electron chi connectivity index (χ3n) is 4.86. The van der Waals surface area contributed by atoms with Gasteiger partial charge in [0.15, 0.2) is 0 Å². The van der Waals surface area contributed by atoms with Gasteiger partial charge in [0.05, 0.1) is 23.4 Å². The molecule has 5 nitrogen and oxygen atoms in total. The van der Waals surface area contributed by atoms with Crippen LogP contribution in [0.5, 0.6) is 0 Å². The Kier molecular flexibility index (Phi) is 4.54. The molecule has 0 N–H and O–H groups in total. The Hall–Kier alpha value is -1.83. The van der Waals surface area contributed by atoms with Crippen molar-refractivity contribution < 1.29 is 13.9 Å². The van der Waals surface area contributed by atoms with Crippen molar-refractivity contribution in [1.29, 1.82) is 0 Å². The zero-order valence-electron chi connectivity index (χ0n) is 13.9. The molecule has 0 radical (unpaired) electrons. The first-order valence-electron chi connectivity index (χ1n) is 8.43. The highest BCUT2D eigenvalue weighted by molar-refractivity contribution is 7.07. The number of hydrogen-bond donors (Lipinski definition) is 0. The molecule has 0 bridgehead atoms. The van der Waals surface area contributed by atoms with Crippen molar-refractivity contribution in [3.63, 3.8) is 0 Å². The highest BCUT2D eigenvalue weighted by Gasteiger charge is 2.43. The average molecular weight is 361 g/mol. The number of likely N-dealkylation sites (tertiary alicyclic amines) is 1. The van der Waals surface area contributed by atoms with Gasteiger partial charge in [0.1, 0.15) is 12.4 Å². The van der Waals surface area contributed by atoms with Gasteiger partial charge in [-0.05, 0) is 37.6 Å². The van der Waals surface area contributed by atoms with Gasteiger partial charge in [0.2, 0.25) is 0 Å². The Morgan fingerprint density at radius 1 is 1.36 bits per heavy atom. The Labute approximate surface area is 150 Å². The van der Waals surface area contributed by atoms with Gasteiger partial charge >= 0.3 is 0 Å². The number of carbonyl (C=O) groups is 1. The van der Waals surface area contributed by atoms with Crippen LogP contribution in [0.15, 0.2) is 35.2 Å². The molecule has 2 aromatic rings. The summed E-state index contributed by atoms with van der Waals surface area (Å²) >= 11 is 1.60. The lowest BCUT2D eigenvalue weighted by atomic mass is 9.90. The fraction of sp³-hybridized carbons (Fsp3) is 0.444. The van der Waals surface area contributed by atoms with Gasteiger partial charge in [-0.2, -0.15) is 0 Å². The molecule has 2 saturated heterocycles. The topological polar surface area (TPSA) is 45.7 Å². The molecule has 1 spiro atoms. The number of morpholine rings is 1. The van der Waals surface area contributed by atoms with E-state index >= 15 is 0 Å². The number of benzene rings is 1. The van der Waals surface area contributed by atoms with Gasteiger partial charge in [-0.1, -0.05) is 6.07 Å². The third-order valence-corrected chi connectivity index (χ3v) is 5.49. The van der Waals surface area contributed by atoms with Crippen LogP contribution in [0.25, 0.3) is 0 Å². The van der Waals surface area contributed by atoms with Crippen molar-refractivity contribution in [3.05, 3.63) is 46.7 Å². The second-order valence-corrected chi connectivity index (χ2v) is 7.44. The van der Waals surface area contributed by atoms with Gasteiger partial charge in [0.25, 0.3) is 5.91 Å². The van der Waals surface area contributed by atoms with Crippen LogP contribution in [0.2, 0.25) is 0 Å². The van der Waals surface area contributed by atoms with Crippen LogP contribution in [0.3, 0.4) is 0 Å². The van der Waals surface area contributed by atoms with E-state index in [1.165, 1.54) is 12.1 Å². The van der Waals surface area contributed by atoms with E-state index in [1.807, 2.05) is 5.51 Å². The predicted octanol–water partition coefficient (Wildman–Crippen LogP) is 2.68. The molecule has 1 aromatic carbocycles. The van der Waals surface area contributed by atoms with Crippen LogP contribution >= 0.6 is 11.3 Å². The van der Waals surface area contributed by atoms with E-state index in [-0.39, 0.29) is 18.3 Å². The SMILES string of the molecule is O=C1COC2(CCCN(Cc3cscn3)C2)CN1c1cccc(F)c1. The minimum atomic E-state index is -0.394. The van der Waals surface area contributed by atoms with E-state index < -0.39 is 5.60 Å². The van der Waals surface area contributed by atoms with Crippen molar-refractivity contribution in [2.24, 2.45) is 0 Å². The van der Waals surface area contributed by atoms with Crippen LogP contribution in [0, 0.1) is 5.82 Å². The Morgan fingerprint density at radius 2 is 2.28 bits per heavy atom. The summed E-state index contributed by atoms with van der Waals surface area (Å²) in [6.07, 6.45) is 1.91. The van der Waals surface area contributed by atoms with E-state index in [2.05, 4.69) is 15.3 Å². The number of hydrogen-bond acceptors (Lipinski definition) is 5. The largest absolute Gasteiger partial charge is 0.362 e. The second kappa shape index (κ2) is 6.82. The maximum Gasteiger partial charge on any atom is 0.253 e. The van der Waals surface area contributed by atoms with Crippen LogP contribution in [-0.2, 0) is 16.1 Å². The molecule has 0 saturated carbocycles. The number of anilines is 1. The number of nitrogens with zero attached hydrogens (tertiary/aromatic N) is 3. The van der Waals surface area contributed by atoms with Gasteiger partial charge in [-0.15, -0.1) is 11.3 Å². The lowest BCUT2D eigenvalue weighted by Gasteiger charge is -2.47. The molecule has 132 valence electrons. The van der Waals surface area contributed by atoms with E-state index in [0.29, 0.717) is 12.2 Å². The standard InChI is InChI=1S/C18H20FN3O2S/c19-14-3-1-4-16(7-14)22-12-18(24-9-17(22)23)5-2-6-21(11-18)8-15-10-25-13-20-15/h1,3-4,7,10,13H,2,5-6,8-9,11-12H2. The third kappa shape index (κ3) is 3.58. The molecule has 3 heterocycles. The van der Waals surface area contributed by atoms with Gasteiger partial charge < -0.3 is 9.64 Å². The number of halogens is 1. The van der Waals surface area contributed by atoms with Crippen LogP contribution < -0.4 is 4.90 Å². The maximum absolute atomic E-state index is 13.6. The fourth-order valence-corrected chi connectivity index (χ4v) is 4.26. The average Bonchev–Trinajstić information content (AvgIpc) is 3.11. The normalized spacial score (nSPS) is 24.8. The van der Waals surface area contributed by atoms with E-state index in [0.717, 1.165) is 38.2 Å². The van der Waals surface area contributed by atoms with Gasteiger partial charge in [-0.25, -0.2) is 9.37 Å². The summed E-state index contributed by atoms with van der Waals surface area (Å²) in [6.45, 7) is 3.05. The summed E-state index contributed by atoms with van der Waals surface area (Å²) < 4.78 is 19.6. The summed E-state index contributed by atoms with van der Waals surface area (Å²) in [5, 5.41) is 2.06. The maximum atomic E-state index is 13.6. The molecule has 2 aliphatic rings. The summed E-state index contributed by atoms with van der Waals surface area (Å²) in [4.78, 5) is 20.7. The quantitative estimate of drug-likeness (QED) is 0.843. The molecule has 2 aliphatic heterocycles. The molecule has 7 heteroatoms. The molecular weight excluding hydrogens is 341 g/mol. The molecule has 1 amide bonds. The number of thiazole rings is 1. The number of rotatable bonds is 3. The van der Waals surface area contributed by atoms with Crippen molar-refractivity contribution in [3.8, 4) is 0 Å². The van der Waals surface area contributed by atoms with Crippen molar-refractivity contribution in [2.75, 3.05) is 31.1 Å². The van der Waals surface area contributed by atoms with Gasteiger partial charge in [-0.3, -0.25) is 9.69 Å². The Bertz CT molecular complexity index is 755. The Morgan fingerprint density at radius 3 is 3.08 bits per heavy atom. The molecule has 25 heavy (non-hydrogen) atoms. The summed E-state index contributed by atoms with van der Waals surface area (Å²) in [5.41, 5.74) is 3.12. The zero-order chi connectivity index (χ0) is 17.3. The van der Waals surface area contributed by atoms with Gasteiger partial charge in [0, 0.05) is 24.2 Å². The van der Waals surface area contributed by atoms with Crippen LogP contribution in [-0.4, -0.2) is 47.6 Å². The second-order valence-electron chi connectivity index (χ2n) is 6.73. The predicted molar refractivity (Wildman–Crippen MR) is 94.1 cm³/mol. The summed E-state index contributed by atoms with van der Waals surface area (Å²) in [6, 6.07) is 6.21. The number of carbonyl (C=O) groups excluding carboxylic acids is 1. The summed E-state index contributed by atoms with van der Waals surface area (Å²) in [5.74, 6) is -0.451. The molecule has 4 rings (SSSR count). The molecule has 1 aromatic heterocycles. The Balaban J connectivity index is 1.51. The fourth-order valence-electron chi connectivity index (χ4n) is 3.71. The molecule has 0 aliphatic carbocycles. The van der Waals surface area contributed by atoms with Crippen LogP contribution in [0.1, 0.15) is 18.5 Å². The number of ether oxygens (including phenoxy) is 1. The van der Waals surface area contributed by atoms with Crippen molar-refractivity contribution >= 4 is 22.9 Å². The zero-order valence-corrected chi connectivity index (χ0v) is 14.7. The number of aromatic nitrogens is 1. The van der Waals surface area contributed by atoms with E-state index in [9.17, 15) is 9.18 Å². The first-order chi connectivity index (χ1) is 12.1. The summed E-state index contributed by atoms with van der Waals surface area (Å²) in [7, 11) is 0. The smallest absolute Gasteiger partial charge is 0.253 e. The lowest BCUT2D eigenvalue weighted by molar-refractivity contribution is -0.146. The molecule has 1 unspecified atom stereocenters. The number of amides is 1. The monoisotopic (exact) mass is 361 g/mol.